The summed E-state index contributed by atoms with van der Waals surface area (Å²) < 4.78 is 9.62. The molecule has 0 saturated carbocycles. The predicted molar refractivity (Wildman–Crippen MR) is 73.7 cm³/mol. The molecule has 0 aromatic heterocycles. The van der Waals surface area contributed by atoms with E-state index in [9.17, 15) is 14.7 Å². The van der Waals surface area contributed by atoms with E-state index in [2.05, 4.69) is 10.1 Å². The lowest BCUT2D eigenvalue weighted by atomic mass is 10.1. The number of phenolic OH excluding ortho intramolecular Hbond substituents is 1. The lowest BCUT2D eigenvalue weighted by Gasteiger charge is -2.20. The number of esters is 1. The fraction of sp³-hybridized carbons (Fsp3) is 0.429. The summed E-state index contributed by atoms with van der Waals surface area (Å²) in [5.74, 6) is -0.654. The van der Waals surface area contributed by atoms with E-state index in [1.807, 2.05) is 0 Å². The van der Waals surface area contributed by atoms with Gasteiger partial charge in [-0.05, 0) is 26.8 Å². The normalized spacial score (nSPS) is 10.8. The van der Waals surface area contributed by atoms with Gasteiger partial charge in [-0.25, -0.2) is 4.79 Å². The first-order valence-corrected chi connectivity index (χ1v) is 6.10. The third-order valence-electron chi connectivity index (χ3n) is 2.32. The Hall–Kier alpha value is -2.24. The Morgan fingerprint density at radius 3 is 2.50 bits per heavy atom. The lowest BCUT2D eigenvalue weighted by molar-refractivity contribution is -0.139. The van der Waals surface area contributed by atoms with Crippen LogP contribution in [0, 0.1) is 0 Å². The Kier molecular flexibility index (Phi) is 4.96. The van der Waals surface area contributed by atoms with E-state index >= 15 is 0 Å². The molecular formula is C14H19NO5. The SMILES string of the molecule is COC(=O)Cc1cccc(NC(=O)OC(C)(C)C)c1O. The quantitative estimate of drug-likeness (QED) is 0.656. The zero-order valence-electron chi connectivity index (χ0n) is 12.0. The number of nitrogens with one attached hydrogen (secondary N) is 1. The van der Waals surface area contributed by atoms with Crippen LogP contribution in [-0.2, 0) is 20.7 Å². The number of hydrogen-bond donors (Lipinski definition) is 2. The van der Waals surface area contributed by atoms with Crippen LogP contribution in [0.2, 0.25) is 0 Å². The Bertz CT molecular complexity index is 505. The second-order valence-corrected chi connectivity index (χ2v) is 5.19. The fourth-order valence-electron chi connectivity index (χ4n) is 1.48. The van der Waals surface area contributed by atoms with Crippen LogP contribution in [0.1, 0.15) is 26.3 Å². The van der Waals surface area contributed by atoms with E-state index < -0.39 is 17.7 Å². The number of carbonyl (C=O) groups excluding carboxylic acids is 2. The van der Waals surface area contributed by atoms with Crippen LogP contribution < -0.4 is 5.32 Å². The molecule has 1 amide bonds. The van der Waals surface area contributed by atoms with Crippen LogP contribution in [0.5, 0.6) is 5.75 Å². The van der Waals surface area contributed by atoms with Crippen molar-refractivity contribution in [2.24, 2.45) is 0 Å². The van der Waals surface area contributed by atoms with E-state index in [1.165, 1.54) is 13.2 Å². The summed E-state index contributed by atoms with van der Waals surface area (Å²) in [7, 11) is 1.27. The summed E-state index contributed by atoms with van der Waals surface area (Å²) in [4.78, 5) is 22.8. The number of para-hydroxylation sites is 1. The van der Waals surface area contributed by atoms with Crippen molar-refractivity contribution < 1.29 is 24.2 Å². The second kappa shape index (κ2) is 6.27. The molecule has 1 aromatic rings. The minimum Gasteiger partial charge on any atom is -0.505 e. The molecular weight excluding hydrogens is 262 g/mol. The minimum absolute atomic E-state index is 0.0772. The molecule has 1 rings (SSSR count). The first-order valence-electron chi connectivity index (χ1n) is 6.10. The summed E-state index contributed by atoms with van der Waals surface area (Å²) in [6, 6.07) is 4.71. The number of hydrogen-bond acceptors (Lipinski definition) is 5. The maximum Gasteiger partial charge on any atom is 0.412 e. The van der Waals surface area contributed by atoms with Gasteiger partial charge < -0.3 is 14.6 Å². The molecule has 0 radical (unpaired) electrons. The number of amides is 1. The third-order valence-corrected chi connectivity index (χ3v) is 2.32. The number of benzene rings is 1. The average Bonchev–Trinajstić information content (AvgIpc) is 2.31. The Morgan fingerprint density at radius 1 is 1.30 bits per heavy atom. The van der Waals surface area contributed by atoms with Gasteiger partial charge in [0.05, 0.1) is 19.2 Å². The number of ether oxygens (including phenoxy) is 2. The van der Waals surface area contributed by atoms with Gasteiger partial charge in [-0.2, -0.15) is 0 Å². The summed E-state index contributed by atoms with van der Waals surface area (Å²) >= 11 is 0. The van der Waals surface area contributed by atoms with Crippen molar-refractivity contribution in [2.75, 3.05) is 12.4 Å². The molecule has 6 heteroatoms. The van der Waals surface area contributed by atoms with Gasteiger partial charge in [0.2, 0.25) is 0 Å². The molecule has 0 aliphatic heterocycles. The number of methoxy groups -OCH3 is 1. The summed E-state index contributed by atoms with van der Waals surface area (Å²) in [5, 5.41) is 12.4. The summed E-state index contributed by atoms with van der Waals surface area (Å²) in [6.07, 6.45) is -0.755. The number of carbonyl (C=O) groups is 2. The van der Waals surface area contributed by atoms with Gasteiger partial charge in [0.25, 0.3) is 0 Å². The molecule has 0 aliphatic rings. The molecule has 20 heavy (non-hydrogen) atoms. The van der Waals surface area contributed by atoms with Gasteiger partial charge in [0, 0.05) is 5.56 Å². The van der Waals surface area contributed by atoms with Crippen molar-refractivity contribution in [1.82, 2.24) is 0 Å². The van der Waals surface area contributed by atoms with Crippen molar-refractivity contribution in [3.63, 3.8) is 0 Å². The second-order valence-electron chi connectivity index (χ2n) is 5.19. The molecule has 6 nitrogen and oxygen atoms in total. The van der Waals surface area contributed by atoms with Gasteiger partial charge in [-0.3, -0.25) is 10.1 Å². The highest BCUT2D eigenvalue weighted by molar-refractivity contribution is 5.87. The first-order chi connectivity index (χ1) is 9.23. The largest absolute Gasteiger partial charge is 0.505 e. The molecule has 0 bridgehead atoms. The molecule has 2 N–H and O–H groups in total. The predicted octanol–water partition coefficient (Wildman–Crippen LogP) is 2.45. The van der Waals surface area contributed by atoms with Crippen molar-refractivity contribution in [1.29, 1.82) is 0 Å². The van der Waals surface area contributed by atoms with Crippen LogP contribution in [0.4, 0.5) is 10.5 Å². The van der Waals surface area contributed by atoms with Crippen LogP contribution in [-0.4, -0.2) is 29.9 Å². The minimum atomic E-state index is -0.678. The zero-order chi connectivity index (χ0) is 15.3. The van der Waals surface area contributed by atoms with Crippen molar-refractivity contribution in [2.45, 2.75) is 32.8 Å². The summed E-state index contributed by atoms with van der Waals surface area (Å²) in [5.41, 5.74) is -0.0883. The Morgan fingerprint density at radius 2 is 1.95 bits per heavy atom. The molecule has 0 unspecified atom stereocenters. The molecule has 0 spiro atoms. The maximum atomic E-state index is 11.6. The van der Waals surface area contributed by atoms with Gasteiger partial charge in [0.1, 0.15) is 11.4 Å². The summed E-state index contributed by atoms with van der Waals surface area (Å²) in [6.45, 7) is 5.21. The van der Waals surface area contributed by atoms with Crippen LogP contribution in [0.15, 0.2) is 18.2 Å². The van der Waals surface area contributed by atoms with Crippen LogP contribution >= 0.6 is 0 Å². The fourth-order valence-corrected chi connectivity index (χ4v) is 1.48. The highest BCUT2D eigenvalue weighted by Gasteiger charge is 2.18. The molecule has 0 fully saturated rings. The molecule has 110 valence electrons. The third kappa shape index (κ3) is 4.79. The first kappa shape index (κ1) is 15.8. The van der Waals surface area contributed by atoms with Gasteiger partial charge >= 0.3 is 12.1 Å². The Balaban J connectivity index is 2.84. The van der Waals surface area contributed by atoms with Gasteiger partial charge in [0.15, 0.2) is 0 Å². The average molecular weight is 281 g/mol. The van der Waals surface area contributed by atoms with Gasteiger partial charge in [-0.15, -0.1) is 0 Å². The molecule has 1 aromatic carbocycles. The number of aromatic hydroxyl groups is 1. The lowest BCUT2D eigenvalue weighted by Crippen LogP contribution is -2.27. The van der Waals surface area contributed by atoms with E-state index in [-0.39, 0.29) is 17.9 Å². The van der Waals surface area contributed by atoms with Crippen LogP contribution in [0.3, 0.4) is 0 Å². The topological polar surface area (TPSA) is 84.9 Å². The molecule has 0 aliphatic carbocycles. The van der Waals surface area contributed by atoms with Gasteiger partial charge in [-0.1, -0.05) is 12.1 Å². The van der Waals surface area contributed by atoms with E-state index in [0.29, 0.717) is 5.56 Å². The number of phenols is 1. The molecule has 0 atom stereocenters. The standard InChI is InChI=1S/C14H19NO5/c1-14(2,3)20-13(18)15-10-7-5-6-9(12(10)17)8-11(16)19-4/h5-7,17H,8H2,1-4H3,(H,15,18). The number of rotatable bonds is 3. The van der Waals surface area contributed by atoms with Crippen LogP contribution in [0.25, 0.3) is 0 Å². The van der Waals surface area contributed by atoms with E-state index in [4.69, 9.17) is 4.74 Å². The van der Waals surface area contributed by atoms with Crippen molar-refractivity contribution >= 4 is 17.7 Å². The Labute approximate surface area is 117 Å². The highest BCUT2D eigenvalue weighted by atomic mass is 16.6. The van der Waals surface area contributed by atoms with Crippen molar-refractivity contribution in [3.8, 4) is 5.75 Å². The van der Waals surface area contributed by atoms with E-state index in [0.717, 1.165) is 0 Å². The highest BCUT2D eigenvalue weighted by Crippen LogP contribution is 2.28. The monoisotopic (exact) mass is 281 g/mol. The maximum absolute atomic E-state index is 11.6. The molecule has 0 saturated heterocycles. The van der Waals surface area contributed by atoms with Crippen molar-refractivity contribution in [3.05, 3.63) is 23.8 Å². The zero-order valence-corrected chi connectivity index (χ0v) is 12.0. The number of anilines is 1. The smallest absolute Gasteiger partial charge is 0.412 e. The molecule has 0 heterocycles. The van der Waals surface area contributed by atoms with E-state index in [1.54, 1.807) is 32.9 Å².